The summed E-state index contributed by atoms with van der Waals surface area (Å²) in [7, 11) is 3.20. The first-order valence-electron chi connectivity index (χ1n) is 4.31. The molecule has 0 aliphatic rings. The number of rotatable bonds is 3. The second kappa shape index (κ2) is 3.91. The molecule has 0 N–H and O–H groups in total. The maximum Gasteiger partial charge on any atom is 0.238 e. The van der Waals surface area contributed by atoms with Gasteiger partial charge in [0.25, 0.3) is 0 Å². The molecule has 86 valence electrons. The van der Waals surface area contributed by atoms with Crippen molar-refractivity contribution in [2.24, 2.45) is 7.05 Å². The topological polar surface area (TPSA) is 78.0 Å². The summed E-state index contributed by atoms with van der Waals surface area (Å²) in [5.74, 6) is -0.358. The molecule has 0 aliphatic carbocycles. The van der Waals surface area contributed by atoms with Gasteiger partial charge in [0.2, 0.25) is 9.05 Å². The van der Waals surface area contributed by atoms with Gasteiger partial charge in [-0.3, -0.25) is 0 Å². The molecule has 2 rings (SSSR count). The molecular formula is C8H8ClN3O3S. The first-order valence-corrected chi connectivity index (χ1v) is 6.78. The number of halogens is 1. The Hall–Kier alpha value is -1.34. The van der Waals surface area contributed by atoms with Crippen LogP contribution in [0.5, 0.6) is 0 Å². The highest BCUT2D eigenvalue weighted by Crippen LogP contribution is 2.23. The number of nitrogens with zero attached hydrogens (tertiary/aromatic N) is 3. The Morgan fingerprint density at radius 3 is 2.88 bits per heavy atom. The molecule has 8 heteroatoms. The van der Waals surface area contributed by atoms with Gasteiger partial charge < -0.3 is 4.42 Å². The van der Waals surface area contributed by atoms with Crippen molar-refractivity contribution in [3.63, 3.8) is 0 Å². The summed E-state index contributed by atoms with van der Waals surface area (Å²) in [6, 6.07) is 1.70. The lowest BCUT2D eigenvalue weighted by Crippen LogP contribution is -1.99. The highest BCUT2D eigenvalue weighted by atomic mass is 35.7. The number of hydrogen-bond donors (Lipinski definition) is 0. The minimum Gasteiger partial charge on any atom is -0.472 e. The minimum atomic E-state index is -3.65. The zero-order chi connectivity index (χ0) is 11.8. The van der Waals surface area contributed by atoms with Crippen molar-refractivity contribution in [2.75, 3.05) is 0 Å². The van der Waals surface area contributed by atoms with E-state index in [1.54, 1.807) is 13.1 Å². The third-order valence-electron chi connectivity index (χ3n) is 2.00. The molecular weight excluding hydrogens is 254 g/mol. The highest BCUT2D eigenvalue weighted by Gasteiger charge is 2.18. The van der Waals surface area contributed by atoms with Gasteiger partial charge in [0.1, 0.15) is 11.4 Å². The number of hydrogen-bond acceptors (Lipinski definition) is 5. The lowest BCUT2D eigenvalue weighted by atomic mass is 10.2. The second-order valence-corrected chi connectivity index (χ2v) is 5.98. The van der Waals surface area contributed by atoms with Crippen LogP contribution in [0.25, 0.3) is 11.3 Å². The van der Waals surface area contributed by atoms with Gasteiger partial charge >= 0.3 is 0 Å². The molecule has 6 nitrogen and oxygen atoms in total. The van der Waals surface area contributed by atoms with E-state index in [2.05, 4.69) is 10.3 Å². The molecule has 0 spiro atoms. The Morgan fingerprint density at radius 2 is 2.31 bits per heavy atom. The van der Waals surface area contributed by atoms with E-state index in [9.17, 15) is 8.42 Å². The van der Waals surface area contributed by atoms with Crippen molar-refractivity contribution in [3.05, 3.63) is 24.3 Å². The lowest BCUT2D eigenvalue weighted by Gasteiger charge is -1.99. The van der Waals surface area contributed by atoms with Crippen LogP contribution >= 0.6 is 10.7 Å². The largest absolute Gasteiger partial charge is 0.472 e. The van der Waals surface area contributed by atoms with E-state index in [4.69, 9.17) is 15.1 Å². The Kier molecular flexibility index (Phi) is 2.73. The van der Waals surface area contributed by atoms with Crippen LogP contribution in [-0.2, 0) is 21.9 Å². The van der Waals surface area contributed by atoms with Crippen LogP contribution in [0.1, 0.15) is 5.69 Å². The Labute approximate surface area is 96.2 Å². The summed E-state index contributed by atoms with van der Waals surface area (Å²) < 4.78 is 28.4. The Bertz CT molecular complexity index is 588. The molecule has 2 heterocycles. The monoisotopic (exact) mass is 261 g/mol. The molecule has 0 unspecified atom stereocenters. The van der Waals surface area contributed by atoms with Gasteiger partial charge in [-0.05, 0) is 6.07 Å². The van der Waals surface area contributed by atoms with Crippen molar-refractivity contribution >= 4 is 19.7 Å². The molecule has 0 fully saturated rings. The van der Waals surface area contributed by atoms with Crippen molar-refractivity contribution in [3.8, 4) is 11.3 Å². The van der Waals surface area contributed by atoms with Crippen LogP contribution in [0.4, 0.5) is 0 Å². The molecule has 0 saturated carbocycles. The molecule has 16 heavy (non-hydrogen) atoms. The molecule has 0 amide bonds. The molecule has 0 aliphatic heterocycles. The molecule has 0 bridgehead atoms. The van der Waals surface area contributed by atoms with Gasteiger partial charge in [-0.2, -0.15) is 0 Å². The zero-order valence-corrected chi connectivity index (χ0v) is 9.86. The normalized spacial score (nSPS) is 11.9. The van der Waals surface area contributed by atoms with Crippen LogP contribution < -0.4 is 0 Å². The zero-order valence-electron chi connectivity index (χ0n) is 8.29. The molecule has 0 radical (unpaired) electrons. The predicted molar refractivity (Wildman–Crippen MR) is 57.2 cm³/mol. The molecule has 0 saturated heterocycles. The van der Waals surface area contributed by atoms with Crippen LogP contribution in [0.15, 0.2) is 23.0 Å². The first-order chi connectivity index (χ1) is 7.47. The molecule has 2 aromatic rings. The summed E-state index contributed by atoms with van der Waals surface area (Å²) in [6.07, 6.45) is 2.98. The number of aromatic nitrogens is 3. The number of aryl methyl sites for hydroxylation is 1. The summed E-state index contributed by atoms with van der Waals surface area (Å²) in [5.41, 5.74) is 1.60. The van der Waals surface area contributed by atoms with Gasteiger partial charge in [0.05, 0.1) is 18.2 Å². The fraction of sp³-hybridized carbons (Fsp3) is 0.250. The predicted octanol–water partition coefficient (Wildman–Crippen LogP) is 1.14. The molecule has 2 aromatic heterocycles. The SMILES string of the molecule is Cn1nnc(CS(=O)(=O)Cl)c1-c1ccoc1. The summed E-state index contributed by atoms with van der Waals surface area (Å²) in [5, 5.41) is 7.52. The van der Waals surface area contributed by atoms with Crippen LogP contribution in [0.3, 0.4) is 0 Å². The Balaban J connectivity index is 2.49. The van der Waals surface area contributed by atoms with E-state index >= 15 is 0 Å². The van der Waals surface area contributed by atoms with E-state index < -0.39 is 9.05 Å². The van der Waals surface area contributed by atoms with Crippen molar-refractivity contribution in [2.45, 2.75) is 5.75 Å². The second-order valence-electron chi connectivity index (χ2n) is 3.20. The maximum atomic E-state index is 11.0. The summed E-state index contributed by atoms with van der Waals surface area (Å²) in [4.78, 5) is 0. The molecule has 0 aromatic carbocycles. The highest BCUT2D eigenvalue weighted by molar-refractivity contribution is 8.13. The third-order valence-corrected chi connectivity index (χ3v) is 2.95. The van der Waals surface area contributed by atoms with E-state index in [0.29, 0.717) is 17.0 Å². The van der Waals surface area contributed by atoms with E-state index in [1.165, 1.54) is 17.2 Å². The first kappa shape index (κ1) is 11.2. The van der Waals surface area contributed by atoms with Crippen molar-refractivity contribution < 1.29 is 12.8 Å². The van der Waals surface area contributed by atoms with Gasteiger partial charge in [0, 0.05) is 23.3 Å². The Morgan fingerprint density at radius 1 is 1.56 bits per heavy atom. The van der Waals surface area contributed by atoms with Gasteiger partial charge in [0.15, 0.2) is 0 Å². The van der Waals surface area contributed by atoms with E-state index in [1.807, 2.05) is 0 Å². The van der Waals surface area contributed by atoms with Gasteiger partial charge in [-0.25, -0.2) is 13.1 Å². The van der Waals surface area contributed by atoms with E-state index in [0.717, 1.165) is 0 Å². The van der Waals surface area contributed by atoms with Crippen LogP contribution in [-0.4, -0.2) is 23.4 Å². The lowest BCUT2D eigenvalue weighted by molar-refractivity contribution is 0.567. The van der Waals surface area contributed by atoms with E-state index in [-0.39, 0.29) is 5.75 Å². The van der Waals surface area contributed by atoms with Crippen LogP contribution in [0.2, 0.25) is 0 Å². The summed E-state index contributed by atoms with van der Waals surface area (Å²) in [6.45, 7) is 0. The average molecular weight is 262 g/mol. The molecule has 0 atom stereocenters. The average Bonchev–Trinajstić information content (AvgIpc) is 2.73. The van der Waals surface area contributed by atoms with Gasteiger partial charge in [-0.1, -0.05) is 5.21 Å². The quantitative estimate of drug-likeness (QED) is 0.775. The maximum absolute atomic E-state index is 11.0. The number of furan rings is 1. The summed E-state index contributed by atoms with van der Waals surface area (Å²) >= 11 is 0. The minimum absolute atomic E-state index is 0.305. The standard InChI is InChI=1S/C8H8ClN3O3S/c1-12-8(6-2-3-15-4-6)7(10-11-12)5-16(9,13)14/h2-4H,5H2,1H3. The smallest absolute Gasteiger partial charge is 0.238 e. The fourth-order valence-electron chi connectivity index (χ4n) is 1.41. The third kappa shape index (κ3) is 2.25. The fourth-order valence-corrected chi connectivity index (χ4v) is 2.24. The van der Waals surface area contributed by atoms with Crippen molar-refractivity contribution in [1.29, 1.82) is 0 Å². The van der Waals surface area contributed by atoms with Crippen molar-refractivity contribution in [1.82, 2.24) is 15.0 Å². The van der Waals surface area contributed by atoms with Gasteiger partial charge in [-0.15, -0.1) is 5.10 Å². The van der Waals surface area contributed by atoms with Crippen LogP contribution in [0, 0.1) is 0 Å².